The van der Waals surface area contributed by atoms with Crippen LogP contribution >= 0.6 is 11.6 Å². The average Bonchev–Trinajstić information content (AvgIpc) is 2.65. The number of carbonyl (C=O) groups is 2. The normalized spacial score (nSPS) is 21.9. The van der Waals surface area contributed by atoms with Crippen molar-refractivity contribution >= 4 is 23.5 Å². The number of hydrogen-bond acceptors (Lipinski definition) is 2. The van der Waals surface area contributed by atoms with Crippen LogP contribution in [-0.4, -0.2) is 47.9 Å². The first-order chi connectivity index (χ1) is 10.5. The zero-order valence-electron chi connectivity index (χ0n) is 12.4. The molecule has 3 amide bonds. The van der Waals surface area contributed by atoms with E-state index in [4.69, 9.17) is 17.3 Å². The SMILES string of the molecule is CN1CC(Cc2cccc(C(F)(F)F)c2Cl)(C(N)=O)N(C)C1=O. The summed E-state index contributed by atoms with van der Waals surface area (Å²) in [7, 11) is 2.87. The molecule has 9 heteroatoms. The maximum atomic E-state index is 12.9. The zero-order valence-corrected chi connectivity index (χ0v) is 13.2. The number of halogens is 4. The van der Waals surface area contributed by atoms with Crippen LogP contribution < -0.4 is 5.73 Å². The van der Waals surface area contributed by atoms with E-state index in [0.717, 1.165) is 11.0 Å². The molecule has 1 fully saturated rings. The van der Waals surface area contributed by atoms with Crippen LogP contribution in [0.25, 0.3) is 0 Å². The molecule has 1 aromatic carbocycles. The molecule has 0 aromatic heterocycles. The van der Waals surface area contributed by atoms with Crippen molar-refractivity contribution < 1.29 is 22.8 Å². The monoisotopic (exact) mass is 349 g/mol. The molecule has 0 bridgehead atoms. The number of carbonyl (C=O) groups excluding carboxylic acids is 2. The van der Waals surface area contributed by atoms with Crippen LogP contribution in [0.2, 0.25) is 5.02 Å². The molecule has 1 unspecified atom stereocenters. The summed E-state index contributed by atoms with van der Waals surface area (Å²) in [6.45, 7) is -0.0236. The third-order valence-electron chi connectivity index (χ3n) is 4.08. The minimum absolute atomic E-state index is 0.0236. The van der Waals surface area contributed by atoms with Crippen LogP contribution in [0.4, 0.5) is 18.0 Å². The Labute approximate surface area is 135 Å². The molecule has 0 radical (unpaired) electrons. The fourth-order valence-electron chi connectivity index (χ4n) is 2.76. The van der Waals surface area contributed by atoms with E-state index >= 15 is 0 Å². The smallest absolute Gasteiger partial charge is 0.368 e. The summed E-state index contributed by atoms with van der Waals surface area (Å²) in [5.74, 6) is -0.800. The third kappa shape index (κ3) is 2.83. The van der Waals surface area contributed by atoms with E-state index in [1.165, 1.54) is 31.1 Å². The number of rotatable bonds is 3. The summed E-state index contributed by atoms with van der Waals surface area (Å²) < 4.78 is 38.8. The summed E-state index contributed by atoms with van der Waals surface area (Å²) in [6.07, 6.45) is -4.81. The summed E-state index contributed by atoms with van der Waals surface area (Å²) in [5, 5.41) is -0.490. The zero-order chi connectivity index (χ0) is 17.6. The van der Waals surface area contributed by atoms with Crippen LogP contribution in [0.1, 0.15) is 11.1 Å². The van der Waals surface area contributed by atoms with Gasteiger partial charge < -0.3 is 15.5 Å². The Morgan fingerprint density at radius 1 is 1.39 bits per heavy atom. The van der Waals surface area contributed by atoms with Gasteiger partial charge in [-0.1, -0.05) is 23.7 Å². The van der Waals surface area contributed by atoms with Gasteiger partial charge in [0, 0.05) is 20.5 Å². The Morgan fingerprint density at radius 2 is 2.00 bits per heavy atom. The van der Waals surface area contributed by atoms with Crippen LogP contribution in [0, 0.1) is 0 Å². The fraction of sp³-hybridized carbons (Fsp3) is 0.429. The van der Waals surface area contributed by atoms with Crippen molar-refractivity contribution in [2.24, 2.45) is 5.73 Å². The van der Waals surface area contributed by atoms with E-state index in [-0.39, 0.29) is 18.5 Å². The Hall–Kier alpha value is -1.96. The first kappa shape index (κ1) is 17.4. The minimum atomic E-state index is -4.61. The molecule has 2 rings (SSSR count). The molecule has 23 heavy (non-hydrogen) atoms. The van der Waals surface area contributed by atoms with Gasteiger partial charge in [0.1, 0.15) is 5.54 Å². The van der Waals surface area contributed by atoms with Gasteiger partial charge in [-0.3, -0.25) is 4.79 Å². The highest BCUT2D eigenvalue weighted by Gasteiger charge is 2.51. The molecule has 1 aromatic rings. The second kappa shape index (κ2) is 5.59. The Bertz CT molecular complexity index is 665. The molecule has 1 aliphatic heterocycles. The third-order valence-corrected chi connectivity index (χ3v) is 4.53. The fourth-order valence-corrected chi connectivity index (χ4v) is 3.06. The predicted molar refractivity (Wildman–Crippen MR) is 77.9 cm³/mol. The number of nitrogens with zero attached hydrogens (tertiary/aromatic N) is 2. The average molecular weight is 350 g/mol. The highest BCUT2D eigenvalue weighted by Crippen LogP contribution is 2.38. The molecule has 2 N–H and O–H groups in total. The van der Waals surface area contributed by atoms with Crippen molar-refractivity contribution in [2.45, 2.75) is 18.1 Å². The standard InChI is InChI=1S/C14H15ClF3N3O2/c1-20-7-13(11(19)22,21(2)12(20)23)6-8-4-3-5-9(10(8)15)14(16,17)18/h3-5H,6-7H2,1-2H3,(H2,19,22). The number of alkyl halides is 3. The number of urea groups is 1. The lowest BCUT2D eigenvalue weighted by Crippen LogP contribution is -2.56. The molecule has 5 nitrogen and oxygen atoms in total. The summed E-state index contributed by atoms with van der Waals surface area (Å²) in [5.41, 5.74) is 3.12. The van der Waals surface area contributed by atoms with Gasteiger partial charge in [-0.25, -0.2) is 4.79 Å². The molecule has 0 saturated carbocycles. The number of likely N-dealkylation sites (N-methyl/N-ethyl adjacent to an activating group) is 2. The van der Waals surface area contributed by atoms with Gasteiger partial charge >= 0.3 is 12.2 Å². The van der Waals surface area contributed by atoms with Crippen molar-refractivity contribution in [2.75, 3.05) is 20.6 Å². The highest BCUT2D eigenvalue weighted by molar-refractivity contribution is 6.32. The van der Waals surface area contributed by atoms with Gasteiger partial charge in [-0.05, 0) is 11.6 Å². The van der Waals surface area contributed by atoms with Crippen molar-refractivity contribution in [3.05, 3.63) is 34.3 Å². The lowest BCUT2D eigenvalue weighted by atomic mass is 9.88. The van der Waals surface area contributed by atoms with E-state index in [1.807, 2.05) is 0 Å². The number of benzene rings is 1. The molecule has 0 aliphatic carbocycles. The van der Waals surface area contributed by atoms with Gasteiger partial charge in [0.15, 0.2) is 0 Å². The van der Waals surface area contributed by atoms with Crippen LogP contribution in [0.5, 0.6) is 0 Å². The number of primary amides is 1. The predicted octanol–water partition coefficient (Wildman–Crippen LogP) is 2.12. The van der Waals surface area contributed by atoms with Crippen molar-refractivity contribution in [1.82, 2.24) is 9.80 Å². The van der Waals surface area contributed by atoms with E-state index in [0.29, 0.717) is 0 Å². The van der Waals surface area contributed by atoms with Gasteiger partial charge in [0.25, 0.3) is 0 Å². The molecular weight excluding hydrogens is 335 g/mol. The van der Waals surface area contributed by atoms with Crippen LogP contribution in [0.15, 0.2) is 18.2 Å². The number of hydrogen-bond donors (Lipinski definition) is 1. The maximum absolute atomic E-state index is 12.9. The summed E-state index contributed by atoms with van der Waals surface area (Å²) in [4.78, 5) is 26.3. The number of nitrogens with two attached hydrogens (primary N) is 1. The lowest BCUT2D eigenvalue weighted by Gasteiger charge is -2.32. The van der Waals surface area contributed by atoms with E-state index < -0.39 is 34.2 Å². The molecule has 0 spiro atoms. The van der Waals surface area contributed by atoms with Crippen molar-refractivity contribution in [1.29, 1.82) is 0 Å². The highest BCUT2D eigenvalue weighted by atomic mass is 35.5. The van der Waals surface area contributed by atoms with Crippen molar-refractivity contribution in [3.8, 4) is 0 Å². The Kier molecular flexibility index (Phi) is 4.23. The van der Waals surface area contributed by atoms with Gasteiger partial charge in [-0.2, -0.15) is 13.2 Å². The van der Waals surface area contributed by atoms with E-state index in [1.54, 1.807) is 0 Å². The minimum Gasteiger partial charge on any atom is -0.368 e. The van der Waals surface area contributed by atoms with Gasteiger partial charge in [0.2, 0.25) is 5.91 Å². The Balaban J connectivity index is 2.48. The lowest BCUT2D eigenvalue weighted by molar-refractivity contribution is -0.137. The molecule has 1 aliphatic rings. The van der Waals surface area contributed by atoms with Gasteiger partial charge in [0.05, 0.1) is 17.1 Å². The molecule has 126 valence electrons. The number of amides is 3. The summed E-state index contributed by atoms with van der Waals surface area (Å²) in [6, 6.07) is 3.02. The first-order valence-corrected chi connectivity index (χ1v) is 7.02. The quantitative estimate of drug-likeness (QED) is 0.908. The first-order valence-electron chi connectivity index (χ1n) is 6.64. The van der Waals surface area contributed by atoms with Gasteiger partial charge in [-0.15, -0.1) is 0 Å². The molecule has 1 saturated heterocycles. The molecule has 1 heterocycles. The summed E-state index contributed by atoms with van der Waals surface area (Å²) >= 11 is 5.87. The van der Waals surface area contributed by atoms with Crippen LogP contribution in [0.3, 0.4) is 0 Å². The molecular formula is C14H15ClF3N3O2. The van der Waals surface area contributed by atoms with E-state index in [2.05, 4.69) is 0 Å². The van der Waals surface area contributed by atoms with E-state index in [9.17, 15) is 22.8 Å². The maximum Gasteiger partial charge on any atom is 0.417 e. The molecule has 1 atom stereocenters. The van der Waals surface area contributed by atoms with Crippen molar-refractivity contribution in [3.63, 3.8) is 0 Å². The van der Waals surface area contributed by atoms with Crippen LogP contribution in [-0.2, 0) is 17.4 Å². The Morgan fingerprint density at radius 3 is 2.43 bits per heavy atom. The largest absolute Gasteiger partial charge is 0.417 e. The second-order valence-corrected chi connectivity index (χ2v) is 5.92. The second-order valence-electron chi connectivity index (χ2n) is 5.55. The topological polar surface area (TPSA) is 66.6 Å².